The molecule has 1 aliphatic carbocycles. The molecule has 2 N–H and O–H groups in total. The highest BCUT2D eigenvalue weighted by Gasteiger charge is 2.38. The smallest absolute Gasteiger partial charge is 0.222 e. The van der Waals surface area contributed by atoms with Gasteiger partial charge in [-0.05, 0) is 18.9 Å². The van der Waals surface area contributed by atoms with Crippen LogP contribution in [0.15, 0.2) is 18.5 Å². The van der Waals surface area contributed by atoms with Crippen molar-refractivity contribution in [2.75, 3.05) is 25.0 Å². The molecule has 17 heavy (non-hydrogen) atoms. The van der Waals surface area contributed by atoms with Crippen molar-refractivity contribution in [3.05, 3.63) is 18.5 Å². The monoisotopic (exact) mass is 234 g/mol. The predicted molar refractivity (Wildman–Crippen MR) is 64.8 cm³/mol. The fraction of sp³-hybridized carbons (Fsp3) is 0.667. The SMILES string of the molecule is c1cnc(NC[C@@H]2CC[C@H]3NCCO[C@H]23)nc1. The molecule has 1 aromatic rings. The van der Waals surface area contributed by atoms with Crippen molar-refractivity contribution in [3.8, 4) is 0 Å². The van der Waals surface area contributed by atoms with Crippen LogP contribution in [0.4, 0.5) is 5.95 Å². The molecule has 0 aromatic carbocycles. The van der Waals surface area contributed by atoms with Gasteiger partial charge in [-0.2, -0.15) is 0 Å². The molecule has 1 aliphatic heterocycles. The summed E-state index contributed by atoms with van der Waals surface area (Å²) < 4.78 is 5.86. The van der Waals surface area contributed by atoms with Gasteiger partial charge in [-0.15, -0.1) is 0 Å². The highest BCUT2D eigenvalue weighted by Crippen LogP contribution is 2.30. The van der Waals surface area contributed by atoms with Gasteiger partial charge in [0, 0.05) is 37.4 Å². The first-order valence-electron chi connectivity index (χ1n) is 6.29. The Labute approximate surface area is 101 Å². The third kappa shape index (κ3) is 2.40. The number of hydrogen-bond acceptors (Lipinski definition) is 5. The number of hydrogen-bond donors (Lipinski definition) is 2. The second kappa shape index (κ2) is 4.98. The molecule has 0 unspecified atom stereocenters. The number of ether oxygens (including phenoxy) is 1. The summed E-state index contributed by atoms with van der Waals surface area (Å²) in [5, 5.41) is 6.81. The Morgan fingerprint density at radius 1 is 1.35 bits per heavy atom. The Bertz CT molecular complexity index is 359. The second-order valence-corrected chi connectivity index (χ2v) is 4.69. The molecule has 1 aromatic heterocycles. The van der Waals surface area contributed by atoms with E-state index in [2.05, 4.69) is 20.6 Å². The zero-order chi connectivity index (χ0) is 11.5. The van der Waals surface area contributed by atoms with Crippen LogP contribution in [-0.2, 0) is 4.74 Å². The molecule has 2 aliphatic rings. The summed E-state index contributed by atoms with van der Waals surface area (Å²) >= 11 is 0. The fourth-order valence-corrected chi connectivity index (χ4v) is 2.79. The molecule has 0 radical (unpaired) electrons. The van der Waals surface area contributed by atoms with Crippen LogP contribution in [0, 0.1) is 5.92 Å². The lowest BCUT2D eigenvalue weighted by molar-refractivity contribution is -0.0115. The zero-order valence-electron chi connectivity index (χ0n) is 9.80. The summed E-state index contributed by atoms with van der Waals surface area (Å²) in [6, 6.07) is 2.37. The number of fused-ring (bicyclic) bond motifs is 1. The van der Waals surface area contributed by atoms with E-state index in [1.54, 1.807) is 12.4 Å². The molecule has 92 valence electrons. The molecule has 2 fully saturated rings. The number of nitrogens with one attached hydrogen (secondary N) is 2. The summed E-state index contributed by atoms with van der Waals surface area (Å²) in [4.78, 5) is 8.33. The van der Waals surface area contributed by atoms with E-state index in [1.807, 2.05) is 6.07 Å². The first-order valence-corrected chi connectivity index (χ1v) is 6.29. The van der Waals surface area contributed by atoms with Gasteiger partial charge >= 0.3 is 0 Å². The van der Waals surface area contributed by atoms with Gasteiger partial charge in [-0.1, -0.05) is 0 Å². The van der Waals surface area contributed by atoms with Gasteiger partial charge in [-0.25, -0.2) is 9.97 Å². The zero-order valence-corrected chi connectivity index (χ0v) is 9.80. The van der Waals surface area contributed by atoms with Gasteiger partial charge in [0.1, 0.15) is 0 Å². The average molecular weight is 234 g/mol. The van der Waals surface area contributed by atoms with Gasteiger partial charge < -0.3 is 15.4 Å². The Balaban J connectivity index is 1.55. The standard InChI is InChI=1S/C12H18N4O/c1-4-14-12(15-5-1)16-8-9-2-3-10-11(9)17-7-6-13-10/h1,4-5,9-11,13H,2-3,6-8H2,(H,14,15,16)/t9-,10+,11+/m0/s1. The first-order chi connectivity index (χ1) is 8.43. The van der Waals surface area contributed by atoms with Gasteiger partial charge in [0.25, 0.3) is 0 Å². The Kier molecular flexibility index (Phi) is 3.20. The molecule has 0 bridgehead atoms. The topological polar surface area (TPSA) is 59.1 Å². The van der Waals surface area contributed by atoms with Gasteiger partial charge in [0.2, 0.25) is 5.95 Å². The maximum absolute atomic E-state index is 5.86. The quantitative estimate of drug-likeness (QED) is 0.804. The molecule has 1 saturated heterocycles. The summed E-state index contributed by atoms with van der Waals surface area (Å²) in [5.74, 6) is 1.27. The molecule has 1 saturated carbocycles. The van der Waals surface area contributed by atoms with Crippen LogP contribution < -0.4 is 10.6 Å². The molecular weight excluding hydrogens is 216 g/mol. The maximum Gasteiger partial charge on any atom is 0.222 e. The largest absolute Gasteiger partial charge is 0.375 e. The van der Waals surface area contributed by atoms with Crippen LogP contribution in [0.2, 0.25) is 0 Å². The van der Waals surface area contributed by atoms with Crippen molar-refractivity contribution < 1.29 is 4.74 Å². The lowest BCUT2D eigenvalue weighted by Crippen LogP contribution is -2.48. The third-order valence-corrected chi connectivity index (χ3v) is 3.62. The molecule has 0 spiro atoms. The summed E-state index contributed by atoms with van der Waals surface area (Å²) in [7, 11) is 0. The van der Waals surface area contributed by atoms with E-state index in [9.17, 15) is 0 Å². The minimum Gasteiger partial charge on any atom is -0.375 e. The minimum absolute atomic E-state index is 0.361. The van der Waals surface area contributed by atoms with Crippen molar-refractivity contribution in [2.24, 2.45) is 5.92 Å². The summed E-state index contributed by atoms with van der Waals surface area (Å²) in [6.07, 6.45) is 6.30. The Morgan fingerprint density at radius 2 is 2.24 bits per heavy atom. The lowest BCUT2D eigenvalue weighted by atomic mass is 10.0. The van der Waals surface area contributed by atoms with Crippen LogP contribution in [0.5, 0.6) is 0 Å². The number of rotatable bonds is 3. The van der Waals surface area contributed by atoms with Crippen LogP contribution >= 0.6 is 0 Å². The molecule has 3 atom stereocenters. The molecule has 2 heterocycles. The summed E-state index contributed by atoms with van der Waals surface area (Å²) in [6.45, 7) is 2.72. The highest BCUT2D eigenvalue weighted by molar-refractivity contribution is 5.22. The van der Waals surface area contributed by atoms with Gasteiger partial charge in [0.15, 0.2) is 0 Å². The van der Waals surface area contributed by atoms with Crippen LogP contribution in [-0.4, -0.2) is 41.8 Å². The number of aromatic nitrogens is 2. The molecule has 5 nitrogen and oxygen atoms in total. The second-order valence-electron chi connectivity index (χ2n) is 4.69. The predicted octanol–water partition coefficient (Wildman–Crippen LogP) is 0.655. The normalized spacial score (nSPS) is 32.1. The van der Waals surface area contributed by atoms with Crippen molar-refractivity contribution in [1.29, 1.82) is 0 Å². The highest BCUT2D eigenvalue weighted by atomic mass is 16.5. The lowest BCUT2D eigenvalue weighted by Gasteiger charge is -2.30. The Morgan fingerprint density at radius 3 is 3.12 bits per heavy atom. The maximum atomic E-state index is 5.86. The van der Waals surface area contributed by atoms with Crippen LogP contribution in [0.25, 0.3) is 0 Å². The average Bonchev–Trinajstić information content (AvgIpc) is 2.81. The van der Waals surface area contributed by atoms with Gasteiger partial charge in [-0.3, -0.25) is 0 Å². The van der Waals surface area contributed by atoms with Crippen LogP contribution in [0.1, 0.15) is 12.8 Å². The molecule has 5 heteroatoms. The van der Waals surface area contributed by atoms with Crippen molar-refractivity contribution in [2.45, 2.75) is 25.0 Å². The number of morpholine rings is 1. The first kappa shape index (κ1) is 10.9. The van der Waals surface area contributed by atoms with Gasteiger partial charge in [0.05, 0.1) is 12.7 Å². The van der Waals surface area contributed by atoms with Crippen LogP contribution in [0.3, 0.4) is 0 Å². The summed E-state index contributed by atoms with van der Waals surface area (Å²) in [5.41, 5.74) is 0. The van der Waals surface area contributed by atoms with E-state index in [0.29, 0.717) is 24.0 Å². The fourth-order valence-electron chi connectivity index (χ4n) is 2.79. The Hall–Kier alpha value is -1.20. The molecule has 0 amide bonds. The van der Waals surface area contributed by atoms with Crippen molar-refractivity contribution >= 4 is 5.95 Å². The van der Waals surface area contributed by atoms with E-state index in [0.717, 1.165) is 19.7 Å². The number of anilines is 1. The van der Waals surface area contributed by atoms with Crippen molar-refractivity contribution in [1.82, 2.24) is 15.3 Å². The minimum atomic E-state index is 0.361. The van der Waals surface area contributed by atoms with E-state index < -0.39 is 0 Å². The third-order valence-electron chi connectivity index (χ3n) is 3.62. The van der Waals surface area contributed by atoms with Crippen molar-refractivity contribution in [3.63, 3.8) is 0 Å². The van der Waals surface area contributed by atoms with E-state index in [1.165, 1.54) is 12.8 Å². The molecule has 3 rings (SSSR count). The van der Waals surface area contributed by atoms with E-state index in [4.69, 9.17) is 4.74 Å². The molecular formula is C12H18N4O. The number of nitrogens with zero attached hydrogens (tertiary/aromatic N) is 2. The van der Waals surface area contributed by atoms with E-state index >= 15 is 0 Å². The van der Waals surface area contributed by atoms with E-state index in [-0.39, 0.29) is 0 Å².